The summed E-state index contributed by atoms with van der Waals surface area (Å²) in [7, 11) is 0. The molecule has 2 heteroatoms. The summed E-state index contributed by atoms with van der Waals surface area (Å²) in [5.41, 5.74) is 0. The Morgan fingerprint density at radius 3 is 1.38 bits per heavy atom. The number of hydrogen-bond donors (Lipinski definition) is 0. The molecule has 90 valence electrons. The molecule has 0 spiro atoms. The van der Waals surface area contributed by atoms with Gasteiger partial charge in [0, 0.05) is 25.9 Å². The summed E-state index contributed by atoms with van der Waals surface area (Å²) < 4.78 is 0. The van der Waals surface area contributed by atoms with Gasteiger partial charge >= 0.3 is 0 Å². The van der Waals surface area contributed by atoms with E-state index < -0.39 is 0 Å². The second kappa shape index (κ2) is 6.93. The highest BCUT2D eigenvalue weighted by molar-refractivity contribution is 5.00. The van der Waals surface area contributed by atoms with E-state index in [1.165, 1.54) is 65.0 Å². The molecule has 0 aromatic carbocycles. The van der Waals surface area contributed by atoms with Crippen LogP contribution in [-0.4, -0.2) is 49.1 Å². The van der Waals surface area contributed by atoms with Crippen molar-refractivity contribution in [3.8, 4) is 11.8 Å². The van der Waals surface area contributed by atoms with Crippen LogP contribution in [0.5, 0.6) is 0 Å². The minimum absolute atomic E-state index is 1.07. The first-order chi connectivity index (χ1) is 7.95. The van der Waals surface area contributed by atoms with E-state index in [1.54, 1.807) is 0 Å². The van der Waals surface area contributed by atoms with Gasteiger partial charge < -0.3 is 9.80 Å². The maximum Gasteiger partial charge on any atom is 0.0217 e. The Labute approximate surface area is 100.0 Å². The molecule has 0 bridgehead atoms. The minimum Gasteiger partial charge on any atom is -0.302 e. The summed E-state index contributed by atoms with van der Waals surface area (Å²) in [4.78, 5) is 5.07. The molecule has 2 rings (SSSR count). The Balaban J connectivity index is 1.48. The Kier molecular flexibility index (Phi) is 5.18. The first-order valence-electron chi connectivity index (χ1n) is 6.85. The molecule has 0 N–H and O–H groups in total. The van der Waals surface area contributed by atoms with Gasteiger partial charge in [0.1, 0.15) is 0 Å². The zero-order valence-electron chi connectivity index (χ0n) is 10.4. The van der Waals surface area contributed by atoms with Crippen molar-refractivity contribution < 1.29 is 0 Å². The molecule has 0 aromatic rings. The maximum absolute atomic E-state index is 3.32. The van der Waals surface area contributed by atoms with E-state index >= 15 is 0 Å². The van der Waals surface area contributed by atoms with Crippen LogP contribution in [0.15, 0.2) is 0 Å². The Hall–Kier alpha value is -0.520. The topological polar surface area (TPSA) is 6.48 Å². The molecule has 0 aromatic heterocycles. The molecule has 0 saturated carbocycles. The van der Waals surface area contributed by atoms with E-state index in [0.29, 0.717) is 0 Å². The third kappa shape index (κ3) is 4.15. The van der Waals surface area contributed by atoms with Crippen molar-refractivity contribution in [1.29, 1.82) is 0 Å². The highest BCUT2D eigenvalue weighted by Gasteiger charge is 2.10. The summed E-state index contributed by atoms with van der Waals surface area (Å²) in [6, 6.07) is 0. The van der Waals surface area contributed by atoms with Gasteiger partial charge in [-0.05, 0) is 51.9 Å². The van der Waals surface area contributed by atoms with Gasteiger partial charge in [0.2, 0.25) is 0 Å². The van der Waals surface area contributed by atoms with Crippen LogP contribution in [0.2, 0.25) is 0 Å². The Morgan fingerprint density at radius 2 is 1.00 bits per heavy atom. The first-order valence-corrected chi connectivity index (χ1v) is 6.85. The molecule has 2 nitrogen and oxygen atoms in total. The predicted molar refractivity (Wildman–Crippen MR) is 68.4 cm³/mol. The monoisotopic (exact) mass is 220 g/mol. The fraction of sp³-hybridized carbons (Fsp3) is 0.857. The summed E-state index contributed by atoms with van der Waals surface area (Å²) in [6.45, 7) is 7.59. The largest absolute Gasteiger partial charge is 0.302 e. The average Bonchev–Trinajstić information content (AvgIpc) is 2.96. The minimum atomic E-state index is 1.07. The van der Waals surface area contributed by atoms with Gasteiger partial charge in [0.25, 0.3) is 0 Å². The van der Waals surface area contributed by atoms with Crippen LogP contribution >= 0.6 is 0 Å². The van der Waals surface area contributed by atoms with E-state index in [2.05, 4.69) is 21.6 Å². The summed E-state index contributed by atoms with van der Waals surface area (Å²) in [6.07, 6.45) is 7.70. The number of rotatable bonds is 4. The van der Waals surface area contributed by atoms with Crippen molar-refractivity contribution in [2.75, 3.05) is 39.3 Å². The van der Waals surface area contributed by atoms with E-state index in [-0.39, 0.29) is 0 Å². The SMILES string of the molecule is C(#CCCN1CCCC1)CCN1CCCC1. The van der Waals surface area contributed by atoms with Crippen LogP contribution in [0, 0.1) is 11.8 Å². The molecule has 0 amide bonds. The molecular formula is C14H24N2. The van der Waals surface area contributed by atoms with E-state index in [4.69, 9.17) is 0 Å². The predicted octanol–water partition coefficient (Wildman–Crippen LogP) is 1.96. The fourth-order valence-electron chi connectivity index (χ4n) is 2.62. The summed E-state index contributed by atoms with van der Waals surface area (Å²) in [5.74, 6) is 6.64. The van der Waals surface area contributed by atoms with Crippen molar-refractivity contribution in [1.82, 2.24) is 9.80 Å². The smallest absolute Gasteiger partial charge is 0.0217 e. The lowest BCUT2D eigenvalue weighted by Crippen LogP contribution is -2.20. The molecule has 2 heterocycles. The molecule has 2 aliphatic heterocycles. The lowest BCUT2D eigenvalue weighted by molar-refractivity contribution is 0.346. The zero-order chi connectivity index (χ0) is 11.1. The average molecular weight is 220 g/mol. The maximum atomic E-state index is 3.32. The molecule has 2 aliphatic rings. The second-order valence-corrected chi connectivity index (χ2v) is 4.95. The quantitative estimate of drug-likeness (QED) is 0.668. The Morgan fingerprint density at radius 1 is 0.625 bits per heavy atom. The highest BCUT2D eigenvalue weighted by Crippen LogP contribution is 2.07. The van der Waals surface area contributed by atoms with Crippen LogP contribution < -0.4 is 0 Å². The van der Waals surface area contributed by atoms with Gasteiger partial charge in [-0.2, -0.15) is 0 Å². The van der Waals surface area contributed by atoms with E-state index in [1.807, 2.05) is 0 Å². The standard InChI is InChI=1S/C14H24N2/c1(3-9-15-11-5-6-12-15)2-4-10-16-13-7-8-14-16/h3-14H2. The van der Waals surface area contributed by atoms with Crippen molar-refractivity contribution in [3.05, 3.63) is 0 Å². The van der Waals surface area contributed by atoms with Crippen LogP contribution in [0.25, 0.3) is 0 Å². The van der Waals surface area contributed by atoms with Crippen LogP contribution in [0.4, 0.5) is 0 Å². The van der Waals surface area contributed by atoms with Crippen molar-refractivity contribution in [3.63, 3.8) is 0 Å². The number of nitrogens with zero attached hydrogens (tertiary/aromatic N) is 2. The van der Waals surface area contributed by atoms with E-state index in [9.17, 15) is 0 Å². The summed E-state index contributed by atoms with van der Waals surface area (Å²) in [5, 5.41) is 0. The summed E-state index contributed by atoms with van der Waals surface area (Å²) >= 11 is 0. The van der Waals surface area contributed by atoms with Gasteiger partial charge in [-0.15, -0.1) is 11.8 Å². The molecule has 0 aliphatic carbocycles. The molecule has 2 saturated heterocycles. The zero-order valence-corrected chi connectivity index (χ0v) is 10.4. The third-order valence-electron chi connectivity index (χ3n) is 3.63. The van der Waals surface area contributed by atoms with Crippen molar-refractivity contribution >= 4 is 0 Å². The van der Waals surface area contributed by atoms with Gasteiger partial charge in [-0.25, -0.2) is 0 Å². The normalized spacial score (nSPS) is 22.2. The molecule has 0 unspecified atom stereocenters. The van der Waals surface area contributed by atoms with Crippen LogP contribution in [0.3, 0.4) is 0 Å². The lowest BCUT2D eigenvalue weighted by Gasteiger charge is -2.12. The third-order valence-corrected chi connectivity index (χ3v) is 3.63. The van der Waals surface area contributed by atoms with Crippen LogP contribution in [-0.2, 0) is 0 Å². The van der Waals surface area contributed by atoms with Gasteiger partial charge in [0.05, 0.1) is 0 Å². The molecule has 16 heavy (non-hydrogen) atoms. The molecule has 0 radical (unpaired) electrons. The van der Waals surface area contributed by atoms with Crippen molar-refractivity contribution in [2.45, 2.75) is 38.5 Å². The first kappa shape index (κ1) is 12.0. The highest BCUT2D eigenvalue weighted by atomic mass is 15.1. The van der Waals surface area contributed by atoms with Gasteiger partial charge in [-0.3, -0.25) is 0 Å². The van der Waals surface area contributed by atoms with Crippen molar-refractivity contribution in [2.24, 2.45) is 0 Å². The van der Waals surface area contributed by atoms with Gasteiger partial charge in [-0.1, -0.05) is 0 Å². The fourth-order valence-corrected chi connectivity index (χ4v) is 2.62. The number of hydrogen-bond acceptors (Lipinski definition) is 2. The Bertz CT molecular complexity index is 215. The molecule has 0 atom stereocenters. The number of likely N-dealkylation sites (tertiary alicyclic amines) is 2. The van der Waals surface area contributed by atoms with E-state index in [0.717, 1.165) is 12.8 Å². The molecule has 2 fully saturated rings. The van der Waals surface area contributed by atoms with Crippen LogP contribution in [0.1, 0.15) is 38.5 Å². The lowest BCUT2D eigenvalue weighted by atomic mass is 10.3. The second-order valence-electron chi connectivity index (χ2n) is 4.95. The van der Waals surface area contributed by atoms with Gasteiger partial charge in [0.15, 0.2) is 0 Å². The molecular weight excluding hydrogens is 196 g/mol.